The first kappa shape index (κ1) is 14.6. The van der Waals surface area contributed by atoms with Crippen molar-refractivity contribution in [3.8, 4) is 0 Å². The number of carbonyl (C=O) groups is 1. The first-order chi connectivity index (χ1) is 8.32. The van der Waals surface area contributed by atoms with Crippen LogP contribution >= 0.6 is 12.2 Å². The van der Waals surface area contributed by atoms with E-state index in [-0.39, 0.29) is 28.3 Å². The van der Waals surface area contributed by atoms with E-state index in [1.54, 1.807) is 0 Å². The zero-order valence-electron chi connectivity index (χ0n) is 10.7. The van der Waals surface area contributed by atoms with Crippen LogP contribution in [0.5, 0.6) is 0 Å². The summed E-state index contributed by atoms with van der Waals surface area (Å²) in [7, 11) is 0. The van der Waals surface area contributed by atoms with E-state index in [0.29, 0.717) is 5.69 Å². The Kier molecular flexibility index (Phi) is 4.78. The van der Waals surface area contributed by atoms with Gasteiger partial charge in [-0.15, -0.1) is 0 Å². The van der Waals surface area contributed by atoms with Gasteiger partial charge in [0.1, 0.15) is 10.8 Å². The van der Waals surface area contributed by atoms with Crippen molar-refractivity contribution in [3.63, 3.8) is 0 Å². The molecule has 3 nitrogen and oxygen atoms in total. The maximum atomic E-state index is 13.4. The van der Waals surface area contributed by atoms with E-state index in [1.807, 2.05) is 20.8 Å². The highest BCUT2D eigenvalue weighted by Gasteiger charge is 2.17. The van der Waals surface area contributed by atoms with Crippen molar-refractivity contribution >= 4 is 28.8 Å². The van der Waals surface area contributed by atoms with Crippen molar-refractivity contribution in [1.82, 2.24) is 0 Å². The average Bonchev–Trinajstić information content (AvgIpc) is 2.29. The molecule has 0 aromatic heterocycles. The minimum absolute atomic E-state index is 0.0273. The lowest BCUT2D eigenvalue weighted by Gasteiger charge is -2.15. The number of thiocarbonyl (C=S) groups is 1. The molecule has 0 heterocycles. The lowest BCUT2D eigenvalue weighted by molar-refractivity contribution is -0.120. The van der Waals surface area contributed by atoms with E-state index in [9.17, 15) is 9.18 Å². The molecular weight excluding hydrogens is 251 g/mol. The Balaban J connectivity index is 2.89. The summed E-state index contributed by atoms with van der Waals surface area (Å²) in [4.78, 5) is 11.8. The second-order valence-corrected chi connectivity index (χ2v) is 5.02. The quantitative estimate of drug-likeness (QED) is 0.825. The Hall–Kier alpha value is -1.49. The third-order valence-corrected chi connectivity index (χ3v) is 3.13. The van der Waals surface area contributed by atoms with Gasteiger partial charge in [0.05, 0.1) is 0 Å². The third kappa shape index (κ3) is 3.50. The fourth-order valence-electron chi connectivity index (χ4n) is 1.35. The Morgan fingerprint density at radius 1 is 1.39 bits per heavy atom. The summed E-state index contributed by atoms with van der Waals surface area (Å²) < 4.78 is 13.4. The molecule has 0 fully saturated rings. The van der Waals surface area contributed by atoms with Crippen LogP contribution in [0.25, 0.3) is 0 Å². The van der Waals surface area contributed by atoms with Gasteiger partial charge in [0.15, 0.2) is 0 Å². The maximum Gasteiger partial charge on any atom is 0.227 e. The molecule has 18 heavy (non-hydrogen) atoms. The number of benzene rings is 1. The maximum absolute atomic E-state index is 13.4. The van der Waals surface area contributed by atoms with E-state index in [4.69, 9.17) is 18.0 Å². The van der Waals surface area contributed by atoms with E-state index < -0.39 is 5.82 Å². The molecule has 0 saturated heterocycles. The van der Waals surface area contributed by atoms with Crippen molar-refractivity contribution < 1.29 is 9.18 Å². The summed E-state index contributed by atoms with van der Waals surface area (Å²) in [6.07, 6.45) is 0. The van der Waals surface area contributed by atoms with Gasteiger partial charge in [-0.1, -0.05) is 33.0 Å². The lowest BCUT2D eigenvalue weighted by Crippen LogP contribution is -2.24. The number of nitrogens with two attached hydrogens (primary N) is 1. The van der Waals surface area contributed by atoms with Crippen LogP contribution in [-0.4, -0.2) is 10.9 Å². The topological polar surface area (TPSA) is 55.1 Å². The predicted octanol–water partition coefficient (Wildman–Crippen LogP) is 2.69. The molecule has 3 N–H and O–H groups in total. The van der Waals surface area contributed by atoms with Crippen molar-refractivity contribution in [3.05, 3.63) is 29.6 Å². The minimum Gasteiger partial charge on any atom is -0.389 e. The fourth-order valence-corrected chi connectivity index (χ4v) is 1.51. The van der Waals surface area contributed by atoms with Crippen molar-refractivity contribution in [2.24, 2.45) is 17.6 Å². The molecule has 0 spiro atoms. The molecule has 1 unspecified atom stereocenters. The van der Waals surface area contributed by atoms with Gasteiger partial charge in [0.25, 0.3) is 0 Å². The molecule has 5 heteroatoms. The summed E-state index contributed by atoms with van der Waals surface area (Å²) in [6.45, 7) is 5.78. The van der Waals surface area contributed by atoms with Crippen LogP contribution in [0.4, 0.5) is 10.1 Å². The van der Waals surface area contributed by atoms with Gasteiger partial charge < -0.3 is 11.1 Å². The van der Waals surface area contributed by atoms with Crippen LogP contribution in [0.1, 0.15) is 26.3 Å². The molecule has 0 bridgehead atoms. The SMILES string of the molecule is CC(C)C(C)C(=O)Nc1ccc(F)c(C(N)=S)c1. The number of hydrogen-bond donors (Lipinski definition) is 2. The predicted molar refractivity (Wildman–Crippen MR) is 74.9 cm³/mol. The normalized spacial score (nSPS) is 12.3. The second-order valence-electron chi connectivity index (χ2n) is 4.58. The van der Waals surface area contributed by atoms with Gasteiger partial charge in [0, 0.05) is 17.2 Å². The van der Waals surface area contributed by atoms with Crippen LogP contribution in [0.15, 0.2) is 18.2 Å². The Labute approximate surface area is 112 Å². The molecule has 0 aliphatic carbocycles. The molecule has 1 rings (SSSR count). The largest absolute Gasteiger partial charge is 0.389 e. The second kappa shape index (κ2) is 5.91. The van der Waals surface area contributed by atoms with Gasteiger partial charge >= 0.3 is 0 Å². The monoisotopic (exact) mass is 268 g/mol. The first-order valence-corrected chi connectivity index (χ1v) is 6.14. The van der Waals surface area contributed by atoms with Gasteiger partial charge in [0.2, 0.25) is 5.91 Å². The summed E-state index contributed by atoms with van der Waals surface area (Å²) in [5, 5.41) is 2.72. The molecule has 1 aromatic carbocycles. The van der Waals surface area contributed by atoms with Gasteiger partial charge in [-0.2, -0.15) is 0 Å². The first-order valence-electron chi connectivity index (χ1n) is 5.73. The zero-order valence-corrected chi connectivity index (χ0v) is 11.5. The fraction of sp³-hybridized carbons (Fsp3) is 0.385. The molecule has 0 radical (unpaired) electrons. The highest BCUT2D eigenvalue weighted by Crippen LogP contribution is 2.17. The minimum atomic E-state index is -0.489. The number of rotatable bonds is 4. The Morgan fingerprint density at radius 2 is 2.00 bits per heavy atom. The van der Waals surface area contributed by atoms with Crippen molar-refractivity contribution in [2.45, 2.75) is 20.8 Å². The summed E-state index contributed by atoms with van der Waals surface area (Å²) in [5.74, 6) is -0.480. The number of halogens is 1. The number of nitrogens with one attached hydrogen (secondary N) is 1. The molecule has 1 atom stereocenters. The highest BCUT2D eigenvalue weighted by molar-refractivity contribution is 7.80. The lowest BCUT2D eigenvalue weighted by atomic mass is 9.97. The summed E-state index contributed by atoms with van der Waals surface area (Å²) in [5.41, 5.74) is 6.04. The van der Waals surface area contributed by atoms with Crippen LogP contribution in [-0.2, 0) is 4.79 Å². The standard InChI is InChI=1S/C13H17FN2OS/c1-7(2)8(3)13(17)16-9-4-5-11(14)10(6-9)12(15)18/h4-8H,1-3H3,(H2,15,18)(H,16,17). The summed E-state index contributed by atoms with van der Waals surface area (Å²) in [6, 6.07) is 4.18. The smallest absolute Gasteiger partial charge is 0.227 e. The van der Waals surface area contributed by atoms with Gasteiger partial charge in [-0.3, -0.25) is 4.79 Å². The molecule has 1 aromatic rings. The highest BCUT2D eigenvalue weighted by atomic mass is 32.1. The van der Waals surface area contributed by atoms with Crippen molar-refractivity contribution in [2.75, 3.05) is 5.32 Å². The molecule has 0 aliphatic heterocycles. The van der Waals surface area contributed by atoms with E-state index in [1.165, 1.54) is 18.2 Å². The van der Waals surface area contributed by atoms with Crippen molar-refractivity contribution in [1.29, 1.82) is 0 Å². The Bertz CT molecular complexity index is 474. The number of amides is 1. The van der Waals surface area contributed by atoms with E-state index >= 15 is 0 Å². The number of anilines is 1. The molecule has 0 aliphatic rings. The molecule has 98 valence electrons. The van der Waals surface area contributed by atoms with E-state index in [0.717, 1.165) is 0 Å². The Morgan fingerprint density at radius 3 is 2.50 bits per heavy atom. The van der Waals surface area contributed by atoms with Crippen LogP contribution in [0.3, 0.4) is 0 Å². The molecular formula is C13H17FN2OS. The van der Waals surface area contributed by atoms with Crippen LogP contribution < -0.4 is 11.1 Å². The van der Waals surface area contributed by atoms with E-state index in [2.05, 4.69) is 5.32 Å². The van der Waals surface area contributed by atoms with Gasteiger partial charge in [-0.25, -0.2) is 4.39 Å². The summed E-state index contributed by atoms with van der Waals surface area (Å²) >= 11 is 4.74. The zero-order chi connectivity index (χ0) is 13.9. The number of hydrogen-bond acceptors (Lipinski definition) is 2. The average molecular weight is 268 g/mol. The third-order valence-electron chi connectivity index (χ3n) is 2.91. The molecule has 0 saturated carbocycles. The van der Waals surface area contributed by atoms with Crippen LogP contribution in [0, 0.1) is 17.7 Å². The van der Waals surface area contributed by atoms with Gasteiger partial charge in [-0.05, 0) is 24.1 Å². The number of carbonyl (C=O) groups excluding carboxylic acids is 1. The molecule has 1 amide bonds. The van der Waals surface area contributed by atoms with Crippen LogP contribution in [0.2, 0.25) is 0 Å².